The molecule has 0 aromatic heterocycles. The molecular weight excluding hydrogens is 278 g/mol. The van der Waals surface area contributed by atoms with Crippen molar-refractivity contribution in [3.63, 3.8) is 0 Å². The van der Waals surface area contributed by atoms with E-state index in [0.717, 1.165) is 25.7 Å². The summed E-state index contributed by atoms with van der Waals surface area (Å²) in [6.45, 7) is 1.04. The van der Waals surface area contributed by atoms with Crippen LogP contribution < -0.4 is 5.32 Å². The molecule has 3 fully saturated rings. The Hall–Kier alpha value is -1.12. The van der Waals surface area contributed by atoms with Gasteiger partial charge < -0.3 is 15.3 Å². The van der Waals surface area contributed by atoms with Gasteiger partial charge in [-0.2, -0.15) is 5.26 Å². The molecule has 3 rings (SSSR count). The summed E-state index contributed by atoms with van der Waals surface area (Å²) in [6.07, 6.45) is 8.79. The number of carbonyl (C=O) groups excluding carboxylic acids is 1. The third kappa shape index (κ3) is 3.13. The van der Waals surface area contributed by atoms with E-state index in [4.69, 9.17) is 5.26 Å². The van der Waals surface area contributed by atoms with Crippen LogP contribution in [0.5, 0.6) is 0 Å². The van der Waals surface area contributed by atoms with E-state index in [9.17, 15) is 9.90 Å². The Labute approximate surface area is 132 Å². The number of aliphatic hydroxyl groups is 1. The molecule has 0 aromatic carbocycles. The molecule has 3 atom stereocenters. The normalized spacial score (nSPS) is 37.8. The third-order valence-electron chi connectivity index (χ3n) is 5.89. The molecular formula is C17H27N3O2. The van der Waals surface area contributed by atoms with Crippen LogP contribution in [-0.4, -0.2) is 47.2 Å². The number of likely N-dealkylation sites (tertiary alicyclic amines) is 1. The van der Waals surface area contributed by atoms with Gasteiger partial charge in [-0.25, -0.2) is 0 Å². The Bertz CT molecular complexity index is 447. The van der Waals surface area contributed by atoms with Crippen molar-refractivity contribution in [3.05, 3.63) is 0 Å². The molecule has 1 saturated heterocycles. The lowest BCUT2D eigenvalue weighted by Crippen LogP contribution is -2.57. The van der Waals surface area contributed by atoms with Gasteiger partial charge in [0.15, 0.2) is 0 Å². The van der Waals surface area contributed by atoms with Gasteiger partial charge in [0.1, 0.15) is 6.04 Å². The van der Waals surface area contributed by atoms with Gasteiger partial charge in [-0.05, 0) is 43.9 Å². The highest BCUT2D eigenvalue weighted by Gasteiger charge is 2.42. The van der Waals surface area contributed by atoms with Crippen LogP contribution >= 0.6 is 0 Å². The minimum Gasteiger partial charge on any atom is -0.394 e. The molecule has 3 aliphatic rings. The summed E-state index contributed by atoms with van der Waals surface area (Å²) in [5, 5.41) is 22.4. The number of fused-ring (bicyclic) bond motifs is 2. The average Bonchev–Trinajstić information content (AvgIpc) is 3.01. The van der Waals surface area contributed by atoms with Crippen LogP contribution in [0.4, 0.5) is 0 Å². The van der Waals surface area contributed by atoms with Crippen LogP contribution in [0.3, 0.4) is 0 Å². The van der Waals surface area contributed by atoms with Gasteiger partial charge in [0.2, 0.25) is 5.91 Å². The maximum absolute atomic E-state index is 12.4. The molecule has 2 bridgehead atoms. The average molecular weight is 305 g/mol. The van der Waals surface area contributed by atoms with Crippen LogP contribution in [0, 0.1) is 23.2 Å². The fraction of sp³-hybridized carbons (Fsp3) is 0.882. The summed E-state index contributed by atoms with van der Waals surface area (Å²) in [4.78, 5) is 14.1. The van der Waals surface area contributed by atoms with Crippen LogP contribution in [-0.2, 0) is 4.79 Å². The van der Waals surface area contributed by atoms with E-state index in [0.29, 0.717) is 18.4 Å². The van der Waals surface area contributed by atoms with Gasteiger partial charge in [-0.15, -0.1) is 0 Å². The van der Waals surface area contributed by atoms with E-state index in [1.165, 1.54) is 25.7 Å². The van der Waals surface area contributed by atoms with Gasteiger partial charge in [0.25, 0.3) is 0 Å². The largest absolute Gasteiger partial charge is 0.394 e. The minimum atomic E-state index is -0.286. The molecule has 0 radical (unpaired) electrons. The Morgan fingerprint density at radius 3 is 2.64 bits per heavy atom. The maximum atomic E-state index is 12.4. The van der Waals surface area contributed by atoms with E-state index >= 15 is 0 Å². The number of hydrogen-bond acceptors (Lipinski definition) is 4. The molecule has 0 spiro atoms. The number of amides is 1. The molecule has 122 valence electrons. The zero-order valence-electron chi connectivity index (χ0n) is 13.3. The van der Waals surface area contributed by atoms with E-state index in [-0.39, 0.29) is 30.6 Å². The van der Waals surface area contributed by atoms with Crippen molar-refractivity contribution in [2.45, 2.75) is 62.9 Å². The van der Waals surface area contributed by atoms with Gasteiger partial charge in [-0.3, -0.25) is 4.79 Å². The summed E-state index contributed by atoms with van der Waals surface area (Å²) in [7, 11) is 0. The Morgan fingerprint density at radius 1 is 1.27 bits per heavy atom. The quantitative estimate of drug-likeness (QED) is 0.823. The highest BCUT2D eigenvalue weighted by Crippen LogP contribution is 2.44. The fourth-order valence-electron chi connectivity index (χ4n) is 4.86. The lowest BCUT2D eigenvalue weighted by Gasteiger charge is -2.47. The Kier molecular flexibility index (Phi) is 4.70. The van der Waals surface area contributed by atoms with Crippen LogP contribution in [0.2, 0.25) is 0 Å². The standard InChI is InChI=1S/C17H27N3O2/c18-10-15-5-2-6-20(15)16(22)11-19-17(12-21)8-13-3-1-4-14(7-13)9-17/h13-15,19,21H,1-9,11-12H2/t13?,14?,15-,17?/m0/s1. The second-order valence-electron chi connectivity index (χ2n) is 7.47. The topological polar surface area (TPSA) is 76.4 Å². The lowest BCUT2D eigenvalue weighted by molar-refractivity contribution is -0.131. The number of nitrogens with one attached hydrogen (secondary N) is 1. The lowest BCUT2D eigenvalue weighted by atomic mass is 9.65. The molecule has 2 N–H and O–H groups in total. The number of hydrogen-bond donors (Lipinski definition) is 2. The second kappa shape index (κ2) is 6.55. The summed E-state index contributed by atoms with van der Waals surface area (Å²) in [5.41, 5.74) is -0.286. The van der Waals surface area contributed by atoms with Crippen LogP contribution in [0.15, 0.2) is 0 Å². The van der Waals surface area contributed by atoms with Crippen molar-refractivity contribution in [1.82, 2.24) is 10.2 Å². The number of nitrogens with zero attached hydrogens (tertiary/aromatic N) is 2. The maximum Gasteiger partial charge on any atom is 0.237 e. The van der Waals surface area contributed by atoms with Gasteiger partial charge >= 0.3 is 0 Å². The monoisotopic (exact) mass is 305 g/mol. The molecule has 5 heteroatoms. The Morgan fingerprint density at radius 2 is 2.00 bits per heavy atom. The van der Waals surface area contributed by atoms with Gasteiger partial charge in [-0.1, -0.05) is 19.3 Å². The van der Waals surface area contributed by atoms with E-state index < -0.39 is 0 Å². The highest BCUT2D eigenvalue weighted by atomic mass is 16.3. The number of aliphatic hydroxyl groups excluding tert-OH is 1. The molecule has 2 unspecified atom stereocenters. The molecule has 2 saturated carbocycles. The summed E-state index contributed by atoms with van der Waals surface area (Å²) < 4.78 is 0. The van der Waals surface area contributed by atoms with E-state index in [2.05, 4.69) is 11.4 Å². The molecule has 5 nitrogen and oxygen atoms in total. The zero-order valence-corrected chi connectivity index (χ0v) is 13.3. The van der Waals surface area contributed by atoms with Crippen molar-refractivity contribution in [3.8, 4) is 6.07 Å². The minimum absolute atomic E-state index is 0.00704. The van der Waals surface area contributed by atoms with Gasteiger partial charge in [0.05, 0.1) is 19.2 Å². The first-order valence-electron chi connectivity index (χ1n) is 8.71. The predicted octanol–water partition coefficient (Wildman–Crippen LogP) is 1.42. The summed E-state index contributed by atoms with van der Waals surface area (Å²) in [6, 6.07) is 1.96. The van der Waals surface area contributed by atoms with Crippen LogP contribution in [0.25, 0.3) is 0 Å². The number of nitriles is 1. The summed E-state index contributed by atoms with van der Waals surface area (Å²) in [5.74, 6) is 1.40. The third-order valence-corrected chi connectivity index (χ3v) is 5.89. The predicted molar refractivity (Wildman–Crippen MR) is 82.8 cm³/mol. The molecule has 1 aliphatic heterocycles. The van der Waals surface area contributed by atoms with Crippen molar-refractivity contribution >= 4 is 5.91 Å². The highest BCUT2D eigenvalue weighted by molar-refractivity contribution is 5.79. The zero-order chi connectivity index (χ0) is 15.6. The van der Waals surface area contributed by atoms with Crippen molar-refractivity contribution in [1.29, 1.82) is 5.26 Å². The first-order chi connectivity index (χ1) is 10.7. The first-order valence-corrected chi connectivity index (χ1v) is 8.71. The molecule has 0 aromatic rings. The van der Waals surface area contributed by atoms with Crippen molar-refractivity contribution in [2.75, 3.05) is 19.7 Å². The van der Waals surface area contributed by atoms with Crippen molar-refractivity contribution in [2.24, 2.45) is 11.8 Å². The van der Waals surface area contributed by atoms with Crippen molar-refractivity contribution < 1.29 is 9.90 Å². The first kappa shape index (κ1) is 15.8. The molecule has 1 heterocycles. The molecule has 22 heavy (non-hydrogen) atoms. The second-order valence-corrected chi connectivity index (χ2v) is 7.47. The van der Waals surface area contributed by atoms with E-state index in [1.54, 1.807) is 4.90 Å². The van der Waals surface area contributed by atoms with Crippen LogP contribution in [0.1, 0.15) is 51.4 Å². The summed E-state index contributed by atoms with van der Waals surface area (Å²) >= 11 is 0. The smallest absolute Gasteiger partial charge is 0.237 e. The van der Waals surface area contributed by atoms with Gasteiger partial charge in [0, 0.05) is 12.1 Å². The fourth-order valence-corrected chi connectivity index (χ4v) is 4.86. The number of carbonyl (C=O) groups is 1. The SMILES string of the molecule is N#C[C@@H]1CCCN1C(=O)CNC1(CO)CC2CCCC(C2)C1. The molecule has 1 amide bonds. The Balaban J connectivity index is 1.59. The number of rotatable bonds is 4. The molecule has 2 aliphatic carbocycles. The van der Waals surface area contributed by atoms with E-state index in [1.807, 2.05) is 0 Å².